The van der Waals surface area contributed by atoms with Gasteiger partial charge in [-0.2, -0.15) is 0 Å². The average Bonchev–Trinajstić information content (AvgIpc) is 2.53. The molecule has 2 rings (SSSR count). The monoisotopic (exact) mass is 324 g/mol. The van der Waals surface area contributed by atoms with Gasteiger partial charge < -0.3 is 10.1 Å². The van der Waals surface area contributed by atoms with Crippen LogP contribution in [0, 0.1) is 17.5 Å². The van der Waals surface area contributed by atoms with Crippen molar-refractivity contribution in [3.8, 4) is 0 Å². The Bertz CT molecular complexity index is 748. The molecular weight excluding hydrogens is 313 g/mol. The Morgan fingerprint density at radius 3 is 2.48 bits per heavy atom. The zero-order chi connectivity index (χ0) is 17.0. The van der Waals surface area contributed by atoms with Crippen molar-refractivity contribution in [3.63, 3.8) is 0 Å². The van der Waals surface area contributed by atoms with Gasteiger partial charge in [0.1, 0.15) is 5.69 Å². The van der Waals surface area contributed by atoms with Crippen molar-refractivity contribution in [2.45, 2.75) is 6.92 Å². The predicted octanol–water partition coefficient (Wildman–Crippen LogP) is 2.93. The predicted molar refractivity (Wildman–Crippen MR) is 74.5 cm³/mol. The van der Waals surface area contributed by atoms with E-state index >= 15 is 0 Å². The highest BCUT2D eigenvalue weighted by Crippen LogP contribution is 2.17. The lowest BCUT2D eigenvalue weighted by atomic mass is 10.2. The Hall–Kier alpha value is -2.90. The van der Waals surface area contributed by atoms with Crippen LogP contribution in [0.4, 0.5) is 18.9 Å². The second kappa shape index (κ2) is 6.91. The third-order valence-corrected chi connectivity index (χ3v) is 2.79. The smallest absolute Gasteiger partial charge is 0.356 e. The Morgan fingerprint density at radius 1 is 1.13 bits per heavy atom. The molecule has 120 valence electrons. The summed E-state index contributed by atoms with van der Waals surface area (Å²) in [5, 5.41) is 2.26. The first-order valence-electron chi connectivity index (χ1n) is 6.52. The molecule has 0 fully saturated rings. The molecule has 0 unspecified atom stereocenters. The molecule has 0 bridgehead atoms. The fraction of sp³-hybridized carbons (Fsp3) is 0.133. The molecule has 0 saturated heterocycles. The lowest BCUT2D eigenvalue weighted by Crippen LogP contribution is -2.15. The normalized spacial score (nSPS) is 10.3. The van der Waals surface area contributed by atoms with Gasteiger partial charge in [-0.25, -0.2) is 22.9 Å². The fourth-order valence-corrected chi connectivity index (χ4v) is 1.69. The third kappa shape index (κ3) is 3.65. The number of pyridine rings is 1. The molecule has 23 heavy (non-hydrogen) atoms. The number of carbonyl (C=O) groups is 2. The number of hydrogen-bond acceptors (Lipinski definition) is 4. The summed E-state index contributed by atoms with van der Waals surface area (Å²) in [6, 6.07) is 4.11. The molecule has 1 heterocycles. The number of esters is 1. The number of benzene rings is 1. The van der Waals surface area contributed by atoms with Crippen LogP contribution in [0.2, 0.25) is 0 Å². The zero-order valence-electron chi connectivity index (χ0n) is 11.9. The van der Waals surface area contributed by atoms with E-state index in [1.165, 1.54) is 12.1 Å². The summed E-state index contributed by atoms with van der Waals surface area (Å²) < 4.78 is 44.2. The van der Waals surface area contributed by atoms with Gasteiger partial charge in [0, 0.05) is 0 Å². The lowest BCUT2D eigenvalue weighted by Gasteiger charge is -2.07. The molecule has 2 aromatic rings. The molecule has 0 aliphatic rings. The van der Waals surface area contributed by atoms with E-state index in [9.17, 15) is 22.8 Å². The summed E-state index contributed by atoms with van der Waals surface area (Å²) in [7, 11) is 0. The van der Waals surface area contributed by atoms with Gasteiger partial charge in [0.05, 0.1) is 24.1 Å². The van der Waals surface area contributed by atoms with Gasteiger partial charge in [0.25, 0.3) is 5.91 Å². The lowest BCUT2D eigenvalue weighted by molar-refractivity contribution is 0.0519. The van der Waals surface area contributed by atoms with Gasteiger partial charge in [0.15, 0.2) is 17.5 Å². The summed E-state index contributed by atoms with van der Waals surface area (Å²) in [5.74, 6) is -6.31. The van der Waals surface area contributed by atoms with Crippen LogP contribution >= 0.6 is 0 Å². The maximum Gasteiger partial charge on any atom is 0.356 e. The molecule has 0 aliphatic carbocycles. The molecule has 1 aromatic heterocycles. The zero-order valence-corrected chi connectivity index (χ0v) is 11.9. The number of aromatic nitrogens is 1. The molecular formula is C15H11F3N2O3. The number of amides is 1. The van der Waals surface area contributed by atoms with Crippen molar-refractivity contribution >= 4 is 17.6 Å². The number of anilines is 1. The molecule has 0 aliphatic heterocycles. The summed E-state index contributed by atoms with van der Waals surface area (Å²) in [6.07, 6.45) is 1.15. The van der Waals surface area contributed by atoms with Crippen LogP contribution in [0.5, 0.6) is 0 Å². The van der Waals surface area contributed by atoms with Crippen molar-refractivity contribution in [2.75, 3.05) is 11.9 Å². The van der Waals surface area contributed by atoms with E-state index in [0.29, 0.717) is 6.07 Å². The van der Waals surface area contributed by atoms with Crippen molar-refractivity contribution in [1.82, 2.24) is 4.98 Å². The molecule has 8 heteroatoms. The van der Waals surface area contributed by atoms with Crippen LogP contribution in [-0.2, 0) is 4.74 Å². The van der Waals surface area contributed by atoms with Crippen LogP contribution in [-0.4, -0.2) is 23.5 Å². The maximum atomic E-state index is 13.5. The third-order valence-electron chi connectivity index (χ3n) is 2.79. The fourth-order valence-electron chi connectivity index (χ4n) is 1.69. The van der Waals surface area contributed by atoms with E-state index < -0.39 is 34.9 Å². The van der Waals surface area contributed by atoms with Crippen LogP contribution < -0.4 is 5.32 Å². The van der Waals surface area contributed by atoms with Crippen LogP contribution in [0.3, 0.4) is 0 Å². The van der Waals surface area contributed by atoms with Crippen molar-refractivity contribution in [2.24, 2.45) is 0 Å². The highest BCUT2D eigenvalue weighted by Gasteiger charge is 2.19. The SMILES string of the molecule is CCOC(=O)c1ccc(NC(=O)c2ccc(F)c(F)c2F)cn1. The maximum absolute atomic E-state index is 13.5. The first kappa shape index (κ1) is 16.5. The Labute approximate surface area is 129 Å². The van der Waals surface area contributed by atoms with Gasteiger partial charge >= 0.3 is 5.97 Å². The minimum absolute atomic E-state index is 0.0313. The van der Waals surface area contributed by atoms with E-state index in [1.807, 2.05) is 0 Å². The molecule has 1 aromatic carbocycles. The second-order valence-electron chi connectivity index (χ2n) is 4.33. The molecule has 0 spiro atoms. The number of carbonyl (C=O) groups excluding carboxylic acids is 2. The Morgan fingerprint density at radius 2 is 1.87 bits per heavy atom. The number of ether oxygens (including phenoxy) is 1. The van der Waals surface area contributed by atoms with E-state index in [1.54, 1.807) is 6.92 Å². The molecule has 1 amide bonds. The second-order valence-corrected chi connectivity index (χ2v) is 4.33. The molecule has 1 N–H and O–H groups in total. The minimum atomic E-state index is -1.73. The Balaban J connectivity index is 2.15. The summed E-state index contributed by atoms with van der Waals surface area (Å²) in [6.45, 7) is 1.83. The van der Waals surface area contributed by atoms with Gasteiger partial charge in [0.2, 0.25) is 0 Å². The van der Waals surface area contributed by atoms with Crippen LogP contribution in [0.15, 0.2) is 30.5 Å². The average molecular weight is 324 g/mol. The number of rotatable bonds is 4. The van der Waals surface area contributed by atoms with Crippen molar-refractivity contribution in [1.29, 1.82) is 0 Å². The first-order chi connectivity index (χ1) is 10.9. The van der Waals surface area contributed by atoms with Gasteiger partial charge in [-0.15, -0.1) is 0 Å². The highest BCUT2D eigenvalue weighted by molar-refractivity contribution is 6.04. The van der Waals surface area contributed by atoms with Crippen molar-refractivity contribution < 1.29 is 27.5 Å². The van der Waals surface area contributed by atoms with Gasteiger partial charge in [-0.3, -0.25) is 4.79 Å². The molecule has 0 radical (unpaired) electrons. The van der Waals surface area contributed by atoms with Crippen LogP contribution in [0.1, 0.15) is 27.8 Å². The number of nitrogens with zero attached hydrogens (tertiary/aromatic N) is 1. The van der Waals surface area contributed by atoms with Gasteiger partial charge in [-0.1, -0.05) is 0 Å². The molecule has 0 atom stereocenters. The van der Waals surface area contributed by atoms with Crippen molar-refractivity contribution in [3.05, 3.63) is 59.2 Å². The van der Waals surface area contributed by atoms with E-state index in [-0.39, 0.29) is 18.0 Å². The molecule has 5 nitrogen and oxygen atoms in total. The first-order valence-corrected chi connectivity index (χ1v) is 6.52. The topological polar surface area (TPSA) is 68.3 Å². The molecule has 0 saturated carbocycles. The highest BCUT2D eigenvalue weighted by atomic mass is 19.2. The van der Waals surface area contributed by atoms with Crippen LogP contribution in [0.25, 0.3) is 0 Å². The van der Waals surface area contributed by atoms with E-state index in [0.717, 1.165) is 12.3 Å². The summed E-state index contributed by atoms with van der Waals surface area (Å²) in [4.78, 5) is 27.1. The summed E-state index contributed by atoms with van der Waals surface area (Å²) in [5.41, 5.74) is -0.477. The Kier molecular flexibility index (Phi) is 4.95. The number of nitrogens with one attached hydrogen (secondary N) is 1. The van der Waals surface area contributed by atoms with E-state index in [2.05, 4.69) is 10.3 Å². The largest absolute Gasteiger partial charge is 0.461 e. The van der Waals surface area contributed by atoms with E-state index in [4.69, 9.17) is 4.74 Å². The standard InChI is InChI=1S/C15H11F3N2O3/c1-2-23-15(22)11-6-3-8(7-19-11)20-14(21)9-4-5-10(16)13(18)12(9)17/h3-7H,2H2,1H3,(H,20,21). The number of hydrogen-bond donors (Lipinski definition) is 1. The number of halogens is 3. The quantitative estimate of drug-likeness (QED) is 0.693. The summed E-state index contributed by atoms with van der Waals surface area (Å²) >= 11 is 0. The minimum Gasteiger partial charge on any atom is -0.461 e. The van der Waals surface area contributed by atoms with Gasteiger partial charge in [-0.05, 0) is 31.2 Å².